The van der Waals surface area contributed by atoms with Crippen molar-refractivity contribution in [1.29, 1.82) is 0 Å². The fourth-order valence-electron chi connectivity index (χ4n) is 2.71. The van der Waals surface area contributed by atoms with Crippen LogP contribution in [0.25, 0.3) is 11.0 Å². The van der Waals surface area contributed by atoms with Gasteiger partial charge in [0.2, 0.25) is 0 Å². The van der Waals surface area contributed by atoms with Crippen molar-refractivity contribution >= 4 is 34.1 Å². The molecule has 0 bridgehead atoms. The average molecular weight is 369 g/mol. The van der Waals surface area contributed by atoms with Crippen molar-refractivity contribution in [1.82, 2.24) is 25.2 Å². The molecule has 0 fully saturated rings. The minimum absolute atomic E-state index is 0.163. The van der Waals surface area contributed by atoms with E-state index in [2.05, 4.69) is 25.8 Å². The van der Waals surface area contributed by atoms with E-state index < -0.39 is 0 Å². The lowest BCUT2D eigenvalue weighted by Gasteiger charge is -2.08. The number of fused-ring (bicyclic) bond motifs is 1. The summed E-state index contributed by atoms with van der Waals surface area (Å²) in [6, 6.07) is 14.3. The standard InChI is InChI=1S/C18H14ClFN6/c1-11-5-4-7-13(9-11)21-18-15-16(17(19)23-24-18)26(25-22-15)10-12-6-2-3-8-14(12)20/h2-9H,10H2,1H3,(H,21,24). The molecule has 6 nitrogen and oxygen atoms in total. The van der Waals surface area contributed by atoms with E-state index in [-0.39, 0.29) is 17.5 Å². The van der Waals surface area contributed by atoms with Crippen LogP contribution >= 0.6 is 11.6 Å². The summed E-state index contributed by atoms with van der Waals surface area (Å²) < 4.78 is 15.5. The maximum Gasteiger partial charge on any atom is 0.183 e. The summed E-state index contributed by atoms with van der Waals surface area (Å²) in [6.07, 6.45) is 0. The van der Waals surface area contributed by atoms with Gasteiger partial charge in [0, 0.05) is 11.3 Å². The van der Waals surface area contributed by atoms with Crippen molar-refractivity contribution in [3.8, 4) is 0 Å². The van der Waals surface area contributed by atoms with Gasteiger partial charge in [0.1, 0.15) is 11.3 Å². The second-order valence-corrected chi connectivity index (χ2v) is 6.23. The van der Waals surface area contributed by atoms with Crippen molar-refractivity contribution in [3.05, 3.63) is 70.6 Å². The molecule has 0 amide bonds. The van der Waals surface area contributed by atoms with E-state index in [4.69, 9.17) is 11.6 Å². The fraction of sp³-hybridized carbons (Fsp3) is 0.111. The molecule has 0 spiro atoms. The van der Waals surface area contributed by atoms with Crippen molar-refractivity contribution in [2.45, 2.75) is 13.5 Å². The molecule has 0 saturated heterocycles. The Hall–Kier alpha value is -3.06. The highest BCUT2D eigenvalue weighted by Gasteiger charge is 2.17. The number of aromatic nitrogens is 5. The lowest BCUT2D eigenvalue weighted by molar-refractivity contribution is 0.583. The first kappa shape index (κ1) is 16.4. The van der Waals surface area contributed by atoms with Gasteiger partial charge in [-0.1, -0.05) is 47.1 Å². The molecule has 4 aromatic rings. The highest BCUT2D eigenvalue weighted by Crippen LogP contribution is 2.27. The van der Waals surface area contributed by atoms with Crippen LogP contribution in [-0.2, 0) is 6.54 Å². The number of benzene rings is 2. The van der Waals surface area contributed by atoms with Gasteiger partial charge >= 0.3 is 0 Å². The Morgan fingerprint density at radius 3 is 2.73 bits per heavy atom. The number of nitrogens with zero attached hydrogens (tertiary/aromatic N) is 5. The molecule has 0 unspecified atom stereocenters. The number of halogens is 2. The molecule has 2 aromatic carbocycles. The lowest BCUT2D eigenvalue weighted by atomic mass is 10.2. The smallest absolute Gasteiger partial charge is 0.183 e. The second kappa shape index (κ2) is 6.68. The minimum atomic E-state index is -0.313. The number of nitrogens with one attached hydrogen (secondary N) is 1. The number of rotatable bonds is 4. The maximum absolute atomic E-state index is 14.0. The highest BCUT2D eigenvalue weighted by molar-refractivity contribution is 6.33. The fourth-order valence-corrected chi connectivity index (χ4v) is 2.93. The minimum Gasteiger partial charge on any atom is -0.337 e. The van der Waals surface area contributed by atoms with Crippen molar-refractivity contribution in [3.63, 3.8) is 0 Å². The van der Waals surface area contributed by atoms with Crippen LogP contribution < -0.4 is 5.32 Å². The largest absolute Gasteiger partial charge is 0.337 e. The predicted octanol–water partition coefficient (Wildman–Crippen LogP) is 4.11. The van der Waals surface area contributed by atoms with Crippen LogP contribution in [0.5, 0.6) is 0 Å². The summed E-state index contributed by atoms with van der Waals surface area (Å²) in [5.74, 6) is 0.127. The zero-order valence-electron chi connectivity index (χ0n) is 13.8. The summed E-state index contributed by atoms with van der Waals surface area (Å²) >= 11 is 6.21. The van der Waals surface area contributed by atoms with Crippen molar-refractivity contribution in [2.75, 3.05) is 5.32 Å². The molecular weight excluding hydrogens is 355 g/mol. The first-order valence-electron chi connectivity index (χ1n) is 7.94. The SMILES string of the molecule is Cc1cccc(Nc2nnc(Cl)c3c2nnn3Cc2ccccc2F)c1. The van der Waals surface area contributed by atoms with E-state index >= 15 is 0 Å². The Morgan fingerprint density at radius 1 is 1.08 bits per heavy atom. The summed E-state index contributed by atoms with van der Waals surface area (Å²) in [5, 5.41) is 19.7. The summed E-state index contributed by atoms with van der Waals surface area (Å²) in [7, 11) is 0. The zero-order valence-corrected chi connectivity index (χ0v) is 14.6. The van der Waals surface area contributed by atoms with E-state index in [9.17, 15) is 4.39 Å². The quantitative estimate of drug-likeness (QED) is 0.587. The van der Waals surface area contributed by atoms with Gasteiger partial charge < -0.3 is 5.32 Å². The average Bonchev–Trinajstić information content (AvgIpc) is 3.04. The molecule has 0 atom stereocenters. The Morgan fingerprint density at radius 2 is 1.92 bits per heavy atom. The van der Waals surface area contributed by atoms with Gasteiger partial charge in [-0.3, -0.25) is 0 Å². The van der Waals surface area contributed by atoms with Crippen LogP contribution in [0.1, 0.15) is 11.1 Å². The molecule has 2 heterocycles. The van der Waals surface area contributed by atoms with E-state index in [0.29, 0.717) is 22.4 Å². The molecule has 26 heavy (non-hydrogen) atoms. The molecule has 8 heteroatoms. The van der Waals surface area contributed by atoms with Gasteiger partial charge in [-0.15, -0.1) is 15.3 Å². The van der Waals surface area contributed by atoms with Crippen LogP contribution in [-0.4, -0.2) is 25.2 Å². The van der Waals surface area contributed by atoms with E-state index in [1.807, 2.05) is 31.2 Å². The normalized spacial score (nSPS) is 11.0. The summed E-state index contributed by atoms with van der Waals surface area (Å²) in [5.41, 5.74) is 3.42. The Bertz CT molecular complexity index is 1090. The molecule has 0 aliphatic carbocycles. The van der Waals surface area contributed by atoms with Gasteiger partial charge in [0.25, 0.3) is 0 Å². The Balaban J connectivity index is 1.75. The van der Waals surface area contributed by atoms with Gasteiger partial charge in [0.05, 0.1) is 6.54 Å². The molecule has 1 N–H and O–H groups in total. The van der Waals surface area contributed by atoms with E-state index in [1.54, 1.807) is 18.2 Å². The zero-order chi connectivity index (χ0) is 18.1. The topological polar surface area (TPSA) is 68.5 Å². The van der Waals surface area contributed by atoms with Crippen molar-refractivity contribution in [2.24, 2.45) is 0 Å². The third-order valence-electron chi connectivity index (χ3n) is 3.95. The number of anilines is 2. The number of aryl methyl sites for hydroxylation is 1. The Labute approximate surface area is 153 Å². The summed E-state index contributed by atoms with van der Waals surface area (Å²) in [4.78, 5) is 0. The van der Waals surface area contributed by atoms with Crippen LogP contribution in [0.3, 0.4) is 0 Å². The van der Waals surface area contributed by atoms with Gasteiger partial charge in [0.15, 0.2) is 16.5 Å². The van der Waals surface area contributed by atoms with Crippen LogP contribution in [0, 0.1) is 12.7 Å². The maximum atomic E-state index is 14.0. The molecule has 2 aromatic heterocycles. The lowest BCUT2D eigenvalue weighted by Crippen LogP contribution is -2.05. The van der Waals surface area contributed by atoms with Gasteiger partial charge in [-0.05, 0) is 30.7 Å². The predicted molar refractivity (Wildman–Crippen MR) is 98.1 cm³/mol. The Kier molecular flexibility index (Phi) is 4.22. The molecule has 0 aliphatic heterocycles. The van der Waals surface area contributed by atoms with Crippen LogP contribution in [0.15, 0.2) is 48.5 Å². The van der Waals surface area contributed by atoms with E-state index in [1.165, 1.54) is 10.7 Å². The first-order valence-corrected chi connectivity index (χ1v) is 8.32. The number of hydrogen-bond donors (Lipinski definition) is 1. The third kappa shape index (κ3) is 3.09. The molecule has 130 valence electrons. The third-order valence-corrected chi connectivity index (χ3v) is 4.21. The molecular formula is C18H14ClFN6. The monoisotopic (exact) mass is 368 g/mol. The van der Waals surface area contributed by atoms with Crippen LogP contribution in [0.4, 0.5) is 15.9 Å². The molecule has 0 radical (unpaired) electrons. The first-order chi connectivity index (χ1) is 12.6. The molecule has 0 saturated carbocycles. The molecule has 0 aliphatic rings. The van der Waals surface area contributed by atoms with Crippen LogP contribution in [0.2, 0.25) is 5.15 Å². The molecule has 4 rings (SSSR count). The highest BCUT2D eigenvalue weighted by atomic mass is 35.5. The van der Waals surface area contributed by atoms with Gasteiger partial charge in [-0.2, -0.15) is 0 Å². The van der Waals surface area contributed by atoms with E-state index in [0.717, 1.165) is 11.3 Å². The van der Waals surface area contributed by atoms with Gasteiger partial charge in [-0.25, -0.2) is 9.07 Å². The summed E-state index contributed by atoms with van der Waals surface area (Å²) in [6.45, 7) is 2.19. The van der Waals surface area contributed by atoms with Crippen molar-refractivity contribution < 1.29 is 4.39 Å². The number of hydrogen-bond acceptors (Lipinski definition) is 5. The second-order valence-electron chi connectivity index (χ2n) is 5.87.